The maximum absolute atomic E-state index is 11.7. The molecule has 1 aliphatic rings. The van der Waals surface area contributed by atoms with Crippen LogP contribution in [0.5, 0.6) is 0 Å². The van der Waals surface area contributed by atoms with E-state index in [1.54, 1.807) is 12.1 Å². The Bertz CT molecular complexity index is 976. The third-order valence-electron chi connectivity index (χ3n) is 5.03. The second-order valence-electron chi connectivity index (χ2n) is 6.69. The van der Waals surface area contributed by atoms with E-state index >= 15 is 0 Å². The predicted octanol–water partition coefficient (Wildman–Crippen LogP) is 2.94. The highest BCUT2D eigenvalue weighted by Crippen LogP contribution is 2.30. The first-order chi connectivity index (χ1) is 13.1. The van der Waals surface area contributed by atoms with Gasteiger partial charge in [-0.05, 0) is 42.8 Å². The molecule has 1 aliphatic heterocycles. The molecule has 2 atom stereocenters. The number of nitrogens with two attached hydrogens (primary N) is 1. The van der Waals surface area contributed by atoms with E-state index in [1.807, 2.05) is 18.2 Å². The molecule has 0 radical (unpaired) electrons. The molecule has 2 aromatic carbocycles. The lowest BCUT2D eigenvalue weighted by molar-refractivity contribution is 0.100. The van der Waals surface area contributed by atoms with Crippen LogP contribution in [0, 0.1) is 0 Å². The third-order valence-corrected chi connectivity index (χ3v) is 5.28. The maximum Gasteiger partial charge on any atom is 0.250 e. The molecule has 0 aliphatic carbocycles. The van der Waals surface area contributed by atoms with Crippen LogP contribution in [0.25, 0.3) is 10.9 Å². The van der Waals surface area contributed by atoms with Crippen LogP contribution in [-0.4, -0.2) is 35.0 Å². The molecule has 4 rings (SSSR count). The second kappa shape index (κ2) is 7.50. The standard InChI is InChI=1S/C20H20ClN5O/c21-13-6-4-12(5-7-13)14-8-9-23-10-17(14)26-20-16-3-1-2-15(19(22)27)18(16)24-11-25-20/h1-7,11,14,17,23H,8-10H2,(H2,22,27)(H,24,25,26)/t14-,17?/m1/s1. The Labute approximate surface area is 162 Å². The predicted molar refractivity (Wildman–Crippen MR) is 107 cm³/mol. The Morgan fingerprint density at radius 1 is 1.19 bits per heavy atom. The minimum absolute atomic E-state index is 0.148. The lowest BCUT2D eigenvalue weighted by Gasteiger charge is -2.33. The van der Waals surface area contributed by atoms with Gasteiger partial charge in [-0.15, -0.1) is 0 Å². The van der Waals surface area contributed by atoms with E-state index in [9.17, 15) is 4.79 Å². The van der Waals surface area contributed by atoms with Gasteiger partial charge in [0.1, 0.15) is 12.1 Å². The highest BCUT2D eigenvalue weighted by Gasteiger charge is 2.27. The summed E-state index contributed by atoms with van der Waals surface area (Å²) in [6, 6.07) is 13.5. The number of aromatic nitrogens is 2. The minimum atomic E-state index is -0.497. The summed E-state index contributed by atoms with van der Waals surface area (Å²) in [5.41, 5.74) is 7.69. The zero-order chi connectivity index (χ0) is 18.8. The van der Waals surface area contributed by atoms with Gasteiger partial charge in [0.15, 0.2) is 0 Å². The number of primary amides is 1. The topological polar surface area (TPSA) is 92.9 Å². The Kier molecular flexibility index (Phi) is 4.92. The molecule has 138 valence electrons. The highest BCUT2D eigenvalue weighted by atomic mass is 35.5. The number of anilines is 1. The van der Waals surface area contributed by atoms with Crippen LogP contribution in [-0.2, 0) is 0 Å². The summed E-state index contributed by atoms with van der Waals surface area (Å²) in [5.74, 6) is 0.534. The van der Waals surface area contributed by atoms with E-state index in [1.165, 1.54) is 11.9 Å². The number of nitrogens with zero attached hydrogens (tertiary/aromatic N) is 2. The van der Waals surface area contributed by atoms with Crippen molar-refractivity contribution in [1.82, 2.24) is 15.3 Å². The molecular weight excluding hydrogens is 362 g/mol. The molecule has 0 spiro atoms. The van der Waals surface area contributed by atoms with Gasteiger partial charge in [-0.3, -0.25) is 4.79 Å². The normalized spacial score (nSPS) is 19.7. The van der Waals surface area contributed by atoms with Gasteiger partial charge in [-0.25, -0.2) is 9.97 Å². The molecule has 1 amide bonds. The number of para-hydroxylation sites is 1. The number of halogens is 1. The largest absolute Gasteiger partial charge is 0.366 e. The van der Waals surface area contributed by atoms with E-state index in [4.69, 9.17) is 17.3 Å². The molecule has 0 saturated carbocycles. The number of fused-ring (bicyclic) bond motifs is 1. The Hall–Kier alpha value is -2.70. The number of hydrogen-bond donors (Lipinski definition) is 3. The average molecular weight is 382 g/mol. The van der Waals surface area contributed by atoms with Gasteiger partial charge in [0.25, 0.3) is 5.91 Å². The van der Waals surface area contributed by atoms with Crippen LogP contribution in [0.1, 0.15) is 28.3 Å². The first kappa shape index (κ1) is 17.7. The van der Waals surface area contributed by atoms with Crippen LogP contribution in [0.15, 0.2) is 48.8 Å². The summed E-state index contributed by atoms with van der Waals surface area (Å²) < 4.78 is 0. The number of nitrogens with one attached hydrogen (secondary N) is 2. The summed E-state index contributed by atoms with van der Waals surface area (Å²) in [7, 11) is 0. The first-order valence-electron chi connectivity index (χ1n) is 8.90. The van der Waals surface area contributed by atoms with E-state index in [-0.39, 0.29) is 6.04 Å². The van der Waals surface area contributed by atoms with E-state index in [2.05, 4.69) is 32.7 Å². The van der Waals surface area contributed by atoms with Gasteiger partial charge in [-0.2, -0.15) is 0 Å². The highest BCUT2D eigenvalue weighted by molar-refractivity contribution is 6.30. The lowest BCUT2D eigenvalue weighted by atomic mass is 9.86. The first-order valence-corrected chi connectivity index (χ1v) is 9.27. The third kappa shape index (κ3) is 3.59. The smallest absolute Gasteiger partial charge is 0.250 e. The van der Waals surface area contributed by atoms with Gasteiger partial charge in [0.2, 0.25) is 0 Å². The molecule has 4 N–H and O–H groups in total. The number of hydrogen-bond acceptors (Lipinski definition) is 5. The van der Waals surface area contributed by atoms with Crippen molar-refractivity contribution in [3.8, 4) is 0 Å². The quantitative estimate of drug-likeness (QED) is 0.646. The maximum atomic E-state index is 11.7. The number of carbonyl (C=O) groups excluding carboxylic acids is 1. The van der Waals surface area contributed by atoms with Gasteiger partial charge < -0.3 is 16.4 Å². The molecule has 27 heavy (non-hydrogen) atoms. The molecule has 1 fully saturated rings. The van der Waals surface area contributed by atoms with Crippen molar-refractivity contribution >= 4 is 34.2 Å². The molecule has 2 heterocycles. The van der Waals surface area contributed by atoms with E-state index in [0.29, 0.717) is 22.8 Å². The zero-order valence-electron chi connectivity index (χ0n) is 14.7. The lowest BCUT2D eigenvalue weighted by Crippen LogP contribution is -2.44. The number of amides is 1. The zero-order valence-corrected chi connectivity index (χ0v) is 15.4. The summed E-state index contributed by atoms with van der Waals surface area (Å²) in [5, 5.41) is 8.51. The van der Waals surface area contributed by atoms with Gasteiger partial charge in [0, 0.05) is 28.9 Å². The number of piperidine rings is 1. The fraction of sp³-hybridized carbons (Fsp3) is 0.250. The molecule has 7 heteroatoms. The SMILES string of the molecule is NC(=O)c1cccc2c(NC3CNCC[C@@H]3c3ccc(Cl)cc3)ncnc12. The molecule has 6 nitrogen and oxygen atoms in total. The number of carbonyl (C=O) groups is 1. The van der Waals surface area contributed by atoms with Crippen LogP contribution >= 0.6 is 11.6 Å². The summed E-state index contributed by atoms with van der Waals surface area (Å²) in [6.07, 6.45) is 2.47. The molecule has 0 bridgehead atoms. The molecule has 3 aromatic rings. The fourth-order valence-corrected chi connectivity index (χ4v) is 3.82. The van der Waals surface area contributed by atoms with Crippen molar-refractivity contribution in [2.75, 3.05) is 18.4 Å². The van der Waals surface area contributed by atoms with Crippen molar-refractivity contribution in [3.05, 3.63) is 64.9 Å². The monoisotopic (exact) mass is 381 g/mol. The van der Waals surface area contributed by atoms with Crippen LogP contribution in [0.4, 0.5) is 5.82 Å². The van der Waals surface area contributed by atoms with Crippen LogP contribution in [0.2, 0.25) is 5.02 Å². The summed E-state index contributed by atoms with van der Waals surface area (Å²) in [6.45, 7) is 1.77. The van der Waals surface area contributed by atoms with Gasteiger partial charge >= 0.3 is 0 Å². The number of benzene rings is 2. The Morgan fingerprint density at radius 3 is 2.78 bits per heavy atom. The van der Waals surface area contributed by atoms with Gasteiger partial charge in [-0.1, -0.05) is 29.8 Å². The van der Waals surface area contributed by atoms with Crippen molar-refractivity contribution in [1.29, 1.82) is 0 Å². The van der Waals surface area contributed by atoms with Crippen molar-refractivity contribution < 1.29 is 4.79 Å². The van der Waals surface area contributed by atoms with Gasteiger partial charge in [0.05, 0.1) is 11.1 Å². The molecule has 1 unspecified atom stereocenters. The Balaban J connectivity index is 1.68. The molecule has 1 saturated heterocycles. The number of rotatable bonds is 4. The van der Waals surface area contributed by atoms with E-state index < -0.39 is 5.91 Å². The Morgan fingerprint density at radius 2 is 2.00 bits per heavy atom. The van der Waals surface area contributed by atoms with Crippen molar-refractivity contribution in [2.45, 2.75) is 18.4 Å². The van der Waals surface area contributed by atoms with Crippen molar-refractivity contribution in [3.63, 3.8) is 0 Å². The van der Waals surface area contributed by atoms with Crippen LogP contribution in [0.3, 0.4) is 0 Å². The van der Waals surface area contributed by atoms with E-state index in [0.717, 1.165) is 29.9 Å². The molecule has 1 aromatic heterocycles. The van der Waals surface area contributed by atoms with Crippen LogP contribution < -0.4 is 16.4 Å². The average Bonchev–Trinajstić information content (AvgIpc) is 2.69. The molecular formula is C20H20ClN5O. The summed E-state index contributed by atoms with van der Waals surface area (Å²) >= 11 is 6.04. The minimum Gasteiger partial charge on any atom is -0.366 e. The second-order valence-corrected chi connectivity index (χ2v) is 7.13. The summed E-state index contributed by atoms with van der Waals surface area (Å²) in [4.78, 5) is 20.4. The fourth-order valence-electron chi connectivity index (χ4n) is 3.70. The van der Waals surface area contributed by atoms with Crippen molar-refractivity contribution in [2.24, 2.45) is 5.73 Å².